The zero-order valence-corrected chi connectivity index (χ0v) is 13.9. The summed E-state index contributed by atoms with van der Waals surface area (Å²) in [7, 11) is 4.56. The van der Waals surface area contributed by atoms with Gasteiger partial charge in [0.1, 0.15) is 0 Å². The van der Waals surface area contributed by atoms with Crippen LogP contribution in [-0.4, -0.2) is 39.8 Å². The monoisotopic (exact) mass is 323 g/mol. The summed E-state index contributed by atoms with van der Waals surface area (Å²) in [6.07, 6.45) is 3.01. The SMILES string of the molecule is COC(=O)CCCCCN=C(N)Nc1ccc(OC)c(OC)c1. The van der Waals surface area contributed by atoms with Crippen LogP contribution in [0.1, 0.15) is 25.7 Å². The van der Waals surface area contributed by atoms with Gasteiger partial charge in [-0.3, -0.25) is 9.79 Å². The van der Waals surface area contributed by atoms with E-state index in [2.05, 4.69) is 15.0 Å². The van der Waals surface area contributed by atoms with Crippen molar-refractivity contribution >= 4 is 17.6 Å². The largest absolute Gasteiger partial charge is 0.493 e. The van der Waals surface area contributed by atoms with Gasteiger partial charge in [0.2, 0.25) is 0 Å². The number of aliphatic imine (C=N–C) groups is 1. The summed E-state index contributed by atoms with van der Waals surface area (Å²) in [6, 6.07) is 5.42. The number of rotatable bonds is 9. The summed E-state index contributed by atoms with van der Waals surface area (Å²) in [4.78, 5) is 15.2. The Balaban J connectivity index is 2.37. The van der Waals surface area contributed by atoms with Crippen molar-refractivity contribution in [2.45, 2.75) is 25.7 Å². The minimum atomic E-state index is -0.178. The van der Waals surface area contributed by atoms with Gasteiger partial charge in [-0.25, -0.2) is 0 Å². The highest BCUT2D eigenvalue weighted by Crippen LogP contribution is 2.29. The minimum Gasteiger partial charge on any atom is -0.493 e. The second kappa shape index (κ2) is 10.3. The molecule has 0 spiro atoms. The molecule has 7 heteroatoms. The van der Waals surface area contributed by atoms with Crippen molar-refractivity contribution in [3.63, 3.8) is 0 Å². The van der Waals surface area contributed by atoms with Gasteiger partial charge in [-0.2, -0.15) is 0 Å². The number of nitrogens with zero attached hydrogens (tertiary/aromatic N) is 1. The lowest BCUT2D eigenvalue weighted by atomic mass is 10.2. The number of anilines is 1. The summed E-state index contributed by atoms with van der Waals surface area (Å²) in [5.74, 6) is 1.43. The van der Waals surface area contributed by atoms with Crippen molar-refractivity contribution in [2.75, 3.05) is 33.2 Å². The Labute approximate surface area is 136 Å². The van der Waals surface area contributed by atoms with Crippen LogP contribution in [0.5, 0.6) is 11.5 Å². The van der Waals surface area contributed by atoms with Gasteiger partial charge < -0.3 is 25.3 Å². The first kappa shape index (κ1) is 18.6. The molecule has 1 aromatic rings. The van der Waals surface area contributed by atoms with Crippen LogP contribution < -0.4 is 20.5 Å². The summed E-state index contributed by atoms with van der Waals surface area (Å²) in [5.41, 5.74) is 6.62. The van der Waals surface area contributed by atoms with Crippen LogP contribution in [-0.2, 0) is 9.53 Å². The minimum absolute atomic E-state index is 0.178. The number of guanidine groups is 1. The maximum absolute atomic E-state index is 11.0. The smallest absolute Gasteiger partial charge is 0.305 e. The van der Waals surface area contributed by atoms with Crippen molar-refractivity contribution in [1.82, 2.24) is 0 Å². The van der Waals surface area contributed by atoms with E-state index < -0.39 is 0 Å². The first-order valence-corrected chi connectivity index (χ1v) is 7.46. The average molecular weight is 323 g/mol. The van der Waals surface area contributed by atoms with Gasteiger partial charge in [0.05, 0.1) is 21.3 Å². The standard InChI is InChI=1S/C16H25N3O4/c1-21-13-9-8-12(11-14(13)22-2)19-16(17)18-10-6-4-5-7-15(20)23-3/h8-9,11H,4-7,10H2,1-3H3,(H3,17,18,19). The quantitative estimate of drug-likeness (QED) is 0.313. The van der Waals surface area contributed by atoms with E-state index in [-0.39, 0.29) is 5.97 Å². The number of benzene rings is 1. The van der Waals surface area contributed by atoms with E-state index in [1.807, 2.05) is 6.07 Å². The molecular formula is C16H25N3O4. The summed E-state index contributed by atoms with van der Waals surface area (Å²) in [6.45, 7) is 0.604. The third-order valence-electron chi connectivity index (χ3n) is 3.20. The summed E-state index contributed by atoms with van der Waals surface area (Å²) >= 11 is 0. The molecule has 0 saturated carbocycles. The Bertz CT molecular complexity index is 532. The van der Waals surface area contributed by atoms with Crippen LogP contribution in [0.15, 0.2) is 23.2 Å². The van der Waals surface area contributed by atoms with Crippen LogP contribution in [0.25, 0.3) is 0 Å². The second-order valence-electron chi connectivity index (χ2n) is 4.85. The zero-order valence-electron chi connectivity index (χ0n) is 13.9. The van der Waals surface area contributed by atoms with Gasteiger partial charge in [-0.15, -0.1) is 0 Å². The number of carbonyl (C=O) groups is 1. The van der Waals surface area contributed by atoms with Crippen molar-refractivity contribution in [3.05, 3.63) is 18.2 Å². The Morgan fingerprint density at radius 3 is 2.52 bits per heavy atom. The molecule has 0 aromatic heterocycles. The molecule has 0 aliphatic carbocycles. The lowest BCUT2D eigenvalue weighted by Gasteiger charge is -2.10. The Morgan fingerprint density at radius 2 is 1.87 bits per heavy atom. The average Bonchev–Trinajstić information content (AvgIpc) is 2.57. The lowest BCUT2D eigenvalue weighted by Crippen LogP contribution is -2.22. The molecule has 0 aliphatic heterocycles. The van der Waals surface area contributed by atoms with Gasteiger partial charge in [0.25, 0.3) is 0 Å². The molecule has 3 N–H and O–H groups in total. The fraction of sp³-hybridized carbons (Fsp3) is 0.500. The van der Waals surface area contributed by atoms with Crippen LogP contribution in [0, 0.1) is 0 Å². The van der Waals surface area contributed by atoms with Gasteiger partial charge in [-0.05, 0) is 25.0 Å². The first-order valence-electron chi connectivity index (χ1n) is 7.46. The zero-order chi connectivity index (χ0) is 17.1. The van der Waals surface area contributed by atoms with E-state index in [0.29, 0.717) is 30.4 Å². The molecule has 1 rings (SSSR count). The van der Waals surface area contributed by atoms with Crippen LogP contribution in [0.2, 0.25) is 0 Å². The van der Waals surface area contributed by atoms with Gasteiger partial charge in [0, 0.05) is 24.7 Å². The molecule has 0 amide bonds. The molecule has 128 valence electrons. The van der Waals surface area contributed by atoms with Crippen molar-refractivity contribution in [3.8, 4) is 11.5 Å². The predicted octanol–water partition coefficient (Wildman–Crippen LogP) is 2.16. The fourth-order valence-electron chi connectivity index (χ4n) is 1.96. The summed E-state index contributed by atoms with van der Waals surface area (Å²) in [5, 5.41) is 3.00. The number of methoxy groups -OCH3 is 3. The van der Waals surface area contributed by atoms with E-state index in [9.17, 15) is 4.79 Å². The molecular weight excluding hydrogens is 298 g/mol. The van der Waals surface area contributed by atoms with Crippen molar-refractivity contribution in [2.24, 2.45) is 10.7 Å². The normalized spacial score (nSPS) is 11.0. The highest BCUT2D eigenvalue weighted by Gasteiger charge is 2.05. The number of hydrogen-bond acceptors (Lipinski definition) is 5. The Hall–Kier alpha value is -2.44. The number of nitrogens with two attached hydrogens (primary N) is 1. The molecule has 0 radical (unpaired) electrons. The molecule has 1 aromatic carbocycles. The second-order valence-corrected chi connectivity index (χ2v) is 4.85. The maximum atomic E-state index is 11.0. The lowest BCUT2D eigenvalue weighted by molar-refractivity contribution is -0.140. The predicted molar refractivity (Wildman–Crippen MR) is 90.1 cm³/mol. The van der Waals surface area contributed by atoms with Crippen LogP contribution >= 0.6 is 0 Å². The molecule has 0 atom stereocenters. The number of ether oxygens (including phenoxy) is 3. The number of nitrogens with one attached hydrogen (secondary N) is 1. The topological polar surface area (TPSA) is 95.2 Å². The van der Waals surface area contributed by atoms with Crippen molar-refractivity contribution < 1.29 is 19.0 Å². The molecule has 0 saturated heterocycles. The maximum Gasteiger partial charge on any atom is 0.305 e. The number of hydrogen-bond donors (Lipinski definition) is 2. The highest BCUT2D eigenvalue weighted by atomic mass is 16.5. The third kappa shape index (κ3) is 6.90. The van der Waals surface area contributed by atoms with Gasteiger partial charge >= 0.3 is 5.97 Å². The van der Waals surface area contributed by atoms with Crippen LogP contribution in [0.3, 0.4) is 0 Å². The molecule has 7 nitrogen and oxygen atoms in total. The molecule has 0 fully saturated rings. The molecule has 0 heterocycles. The van der Waals surface area contributed by atoms with E-state index >= 15 is 0 Å². The number of unbranched alkanes of at least 4 members (excludes halogenated alkanes) is 2. The van der Waals surface area contributed by atoms with E-state index in [4.69, 9.17) is 15.2 Å². The van der Waals surface area contributed by atoms with E-state index in [0.717, 1.165) is 24.9 Å². The Kier molecular flexibility index (Phi) is 8.34. The highest BCUT2D eigenvalue weighted by molar-refractivity contribution is 5.92. The number of esters is 1. The van der Waals surface area contributed by atoms with Gasteiger partial charge in [-0.1, -0.05) is 6.42 Å². The number of carbonyl (C=O) groups excluding carboxylic acids is 1. The van der Waals surface area contributed by atoms with Crippen LogP contribution in [0.4, 0.5) is 5.69 Å². The molecule has 0 unspecified atom stereocenters. The Morgan fingerprint density at radius 1 is 1.13 bits per heavy atom. The van der Waals surface area contributed by atoms with Gasteiger partial charge in [0.15, 0.2) is 17.5 Å². The van der Waals surface area contributed by atoms with Crippen molar-refractivity contribution in [1.29, 1.82) is 0 Å². The first-order chi connectivity index (χ1) is 11.1. The summed E-state index contributed by atoms with van der Waals surface area (Å²) < 4.78 is 15.0. The molecule has 23 heavy (non-hydrogen) atoms. The molecule has 0 bridgehead atoms. The fourth-order valence-corrected chi connectivity index (χ4v) is 1.96. The molecule has 0 aliphatic rings. The van der Waals surface area contributed by atoms with E-state index in [1.54, 1.807) is 26.4 Å². The van der Waals surface area contributed by atoms with E-state index in [1.165, 1.54) is 7.11 Å². The third-order valence-corrected chi connectivity index (χ3v) is 3.20.